The van der Waals surface area contributed by atoms with Gasteiger partial charge in [0.2, 0.25) is 5.91 Å². The Kier molecular flexibility index (Phi) is 5.75. The van der Waals surface area contributed by atoms with E-state index in [4.69, 9.17) is 9.84 Å². The molecule has 0 unspecified atom stereocenters. The first-order valence-corrected chi connectivity index (χ1v) is 7.29. The number of nitrogens with one attached hydrogen (secondary N) is 1. The second-order valence-electron chi connectivity index (χ2n) is 5.40. The first-order valence-electron chi connectivity index (χ1n) is 7.29. The fourth-order valence-corrected chi connectivity index (χ4v) is 2.57. The zero-order valence-corrected chi connectivity index (χ0v) is 12.0. The van der Waals surface area contributed by atoms with Crippen LogP contribution in [0.5, 0.6) is 0 Å². The molecule has 0 aromatic heterocycles. The van der Waals surface area contributed by atoms with Gasteiger partial charge in [0.05, 0.1) is 19.1 Å². The Bertz CT molecular complexity index is 474. The SMILES string of the molecule is O=C(CCOCc1ccccc1)N[C@@H]1CC[C@H](C(=O)O)C1. The highest BCUT2D eigenvalue weighted by atomic mass is 16.5. The van der Waals surface area contributed by atoms with Gasteiger partial charge >= 0.3 is 5.97 Å². The summed E-state index contributed by atoms with van der Waals surface area (Å²) >= 11 is 0. The molecule has 1 aliphatic rings. The van der Waals surface area contributed by atoms with E-state index in [1.165, 1.54) is 0 Å². The summed E-state index contributed by atoms with van der Waals surface area (Å²) in [6.07, 6.45) is 2.23. The molecule has 21 heavy (non-hydrogen) atoms. The molecule has 114 valence electrons. The molecule has 0 bridgehead atoms. The molecule has 1 amide bonds. The van der Waals surface area contributed by atoms with Gasteiger partial charge in [0.1, 0.15) is 0 Å². The first kappa shape index (κ1) is 15.5. The number of aliphatic carboxylic acids is 1. The second kappa shape index (κ2) is 7.78. The van der Waals surface area contributed by atoms with E-state index < -0.39 is 5.97 Å². The maximum absolute atomic E-state index is 11.7. The fourth-order valence-electron chi connectivity index (χ4n) is 2.57. The number of carboxylic acids is 1. The van der Waals surface area contributed by atoms with Gasteiger partial charge in [-0.15, -0.1) is 0 Å². The number of carbonyl (C=O) groups is 2. The summed E-state index contributed by atoms with van der Waals surface area (Å²) in [4.78, 5) is 22.6. The zero-order chi connectivity index (χ0) is 15.1. The summed E-state index contributed by atoms with van der Waals surface area (Å²) in [5, 5.41) is 11.8. The van der Waals surface area contributed by atoms with Crippen LogP contribution >= 0.6 is 0 Å². The highest BCUT2D eigenvalue weighted by Crippen LogP contribution is 2.25. The lowest BCUT2D eigenvalue weighted by atomic mass is 10.1. The van der Waals surface area contributed by atoms with Crippen molar-refractivity contribution < 1.29 is 19.4 Å². The maximum atomic E-state index is 11.7. The predicted molar refractivity (Wildman–Crippen MR) is 77.6 cm³/mol. The fraction of sp³-hybridized carbons (Fsp3) is 0.500. The smallest absolute Gasteiger partial charge is 0.306 e. The Morgan fingerprint density at radius 3 is 2.67 bits per heavy atom. The largest absolute Gasteiger partial charge is 0.481 e. The normalized spacial score (nSPS) is 21.1. The Labute approximate surface area is 124 Å². The Morgan fingerprint density at radius 1 is 1.24 bits per heavy atom. The average Bonchev–Trinajstić information content (AvgIpc) is 2.93. The minimum Gasteiger partial charge on any atom is -0.481 e. The minimum absolute atomic E-state index is 0.00674. The molecule has 2 rings (SSSR count). The van der Waals surface area contributed by atoms with Crippen molar-refractivity contribution in [2.75, 3.05) is 6.61 Å². The molecule has 0 spiro atoms. The number of hydrogen-bond acceptors (Lipinski definition) is 3. The van der Waals surface area contributed by atoms with Gasteiger partial charge in [0.25, 0.3) is 0 Å². The van der Waals surface area contributed by atoms with Gasteiger partial charge in [-0.25, -0.2) is 0 Å². The summed E-state index contributed by atoms with van der Waals surface area (Å²) in [6.45, 7) is 0.869. The molecule has 5 nitrogen and oxygen atoms in total. The number of benzene rings is 1. The lowest BCUT2D eigenvalue weighted by Crippen LogP contribution is -2.33. The van der Waals surface area contributed by atoms with Gasteiger partial charge in [0, 0.05) is 12.5 Å². The molecule has 1 saturated carbocycles. The average molecular weight is 291 g/mol. The van der Waals surface area contributed by atoms with E-state index in [9.17, 15) is 9.59 Å². The molecule has 1 aromatic carbocycles. The molecular formula is C16H21NO4. The molecule has 5 heteroatoms. The lowest BCUT2D eigenvalue weighted by Gasteiger charge is -2.12. The van der Waals surface area contributed by atoms with E-state index in [1.54, 1.807) is 0 Å². The summed E-state index contributed by atoms with van der Waals surface area (Å²) in [5.41, 5.74) is 1.08. The summed E-state index contributed by atoms with van der Waals surface area (Å²) in [7, 11) is 0. The van der Waals surface area contributed by atoms with Crippen molar-refractivity contribution >= 4 is 11.9 Å². The molecule has 1 aliphatic carbocycles. The highest BCUT2D eigenvalue weighted by molar-refractivity contribution is 5.76. The highest BCUT2D eigenvalue weighted by Gasteiger charge is 2.30. The monoisotopic (exact) mass is 291 g/mol. The van der Waals surface area contributed by atoms with Crippen molar-refractivity contribution in [2.24, 2.45) is 5.92 Å². The zero-order valence-electron chi connectivity index (χ0n) is 12.0. The van der Waals surface area contributed by atoms with Crippen LogP contribution in [-0.4, -0.2) is 29.6 Å². The summed E-state index contributed by atoms with van der Waals surface area (Å²) < 4.78 is 5.46. The molecule has 2 N–H and O–H groups in total. The molecular weight excluding hydrogens is 270 g/mol. The third kappa shape index (κ3) is 5.19. The summed E-state index contributed by atoms with van der Waals surface area (Å²) in [5.74, 6) is -1.15. The molecule has 1 aromatic rings. The topological polar surface area (TPSA) is 75.6 Å². The predicted octanol–water partition coefficient (Wildman–Crippen LogP) is 1.96. The molecule has 0 saturated heterocycles. The summed E-state index contributed by atoms with van der Waals surface area (Å²) in [6, 6.07) is 9.79. The number of rotatable bonds is 7. The van der Waals surface area contributed by atoms with Crippen molar-refractivity contribution in [3.05, 3.63) is 35.9 Å². The number of carboxylic acid groups (broad SMARTS) is 1. The first-order chi connectivity index (χ1) is 10.1. The van der Waals surface area contributed by atoms with Gasteiger partial charge in [-0.1, -0.05) is 30.3 Å². The Hall–Kier alpha value is -1.88. The van der Waals surface area contributed by atoms with Gasteiger partial charge in [-0.2, -0.15) is 0 Å². The van der Waals surface area contributed by atoms with Crippen LogP contribution in [0, 0.1) is 5.92 Å². The molecule has 0 aliphatic heterocycles. The van der Waals surface area contributed by atoms with Gasteiger partial charge in [-0.3, -0.25) is 9.59 Å². The second-order valence-corrected chi connectivity index (χ2v) is 5.40. The quantitative estimate of drug-likeness (QED) is 0.753. The van der Waals surface area contributed by atoms with Crippen molar-refractivity contribution in [1.29, 1.82) is 0 Å². The van der Waals surface area contributed by atoms with Gasteiger partial charge in [0.15, 0.2) is 0 Å². The molecule has 0 heterocycles. The van der Waals surface area contributed by atoms with E-state index in [2.05, 4.69) is 5.32 Å². The Balaban J connectivity index is 1.59. The lowest BCUT2D eigenvalue weighted by molar-refractivity contribution is -0.141. The van der Waals surface area contributed by atoms with E-state index in [0.717, 1.165) is 12.0 Å². The molecule has 0 radical (unpaired) electrons. The number of carbonyl (C=O) groups excluding carboxylic acids is 1. The van der Waals surface area contributed by atoms with Crippen LogP contribution < -0.4 is 5.32 Å². The standard InChI is InChI=1S/C16H21NO4/c18-15(17-14-7-6-13(10-14)16(19)20)8-9-21-11-12-4-2-1-3-5-12/h1-5,13-14H,6-11H2,(H,17,18)(H,19,20)/t13-,14+/m0/s1. The van der Waals surface area contributed by atoms with Crippen molar-refractivity contribution in [3.8, 4) is 0 Å². The van der Waals surface area contributed by atoms with E-state index in [0.29, 0.717) is 32.5 Å². The van der Waals surface area contributed by atoms with E-state index in [1.807, 2.05) is 30.3 Å². The maximum Gasteiger partial charge on any atom is 0.306 e. The van der Waals surface area contributed by atoms with Crippen LogP contribution in [0.15, 0.2) is 30.3 Å². The van der Waals surface area contributed by atoms with Crippen LogP contribution in [0.4, 0.5) is 0 Å². The Morgan fingerprint density at radius 2 is 2.00 bits per heavy atom. The van der Waals surface area contributed by atoms with Gasteiger partial charge < -0.3 is 15.2 Å². The van der Waals surface area contributed by atoms with Crippen LogP contribution in [0.1, 0.15) is 31.2 Å². The van der Waals surface area contributed by atoms with E-state index in [-0.39, 0.29) is 17.9 Å². The third-order valence-corrected chi connectivity index (χ3v) is 3.73. The van der Waals surface area contributed by atoms with Crippen molar-refractivity contribution in [3.63, 3.8) is 0 Å². The molecule has 2 atom stereocenters. The van der Waals surface area contributed by atoms with E-state index >= 15 is 0 Å². The molecule has 1 fully saturated rings. The number of amides is 1. The van der Waals surface area contributed by atoms with Crippen LogP contribution in [0.2, 0.25) is 0 Å². The van der Waals surface area contributed by atoms with Gasteiger partial charge in [-0.05, 0) is 24.8 Å². The number of hydrogen-bond donors (Lipinski definition) is 2. The van der Waals surface area contributed by atoms with Crippen molar-refractivity contribution in [1.82, 2.24) is 5.32 Å². The third-order valence-electron chi connectivity index (χ3n) is 3.73. The van der Waals surface area contributed by atoms with Crippen LogP contribution in [0.3, 0.4) is 0 Å². The van der Waals surface area contributed by atoms with Crippen LogP contribution in [0.25, 0.3) is 0 Å². The van der Waals surface area contributed by atoms with Crippen LogP contribution in [-0.2, 0) is 20.9 Å². The number of ether oxygens (including phenoxy) is 1. The minimum atomic E-state index is -0.766. The van der Waals surface area contributed by atoms with Crippen molar-refractivity contribution in [2.45, 2.75) is 38.3 Å².